The van der Waals surface area contributed by atoms with E-state index in [1.54, 1.807) is 18.2 Å². The van der Waals surface area contributed by atoms with E-state index in [2.05, 4.69) is 38.8 Å². The smallest absolute Gasteiger partial charge is 0.207 e. The van der Waals surface area contributed by atoms with Gasteiger partial charge >= 0.3 is 0 Å². The Morgan fingerprint density at radius 2 is 2.00 bits per heavy atom. The van der Waals surface area contributed by atoms with E-state index in [0.29, 0.717) is 23.3 Å². The van der Waals surface area contributed by atoms with Crippen LogP contribution in [-0.2, 0) is 10.0 Å². The Balaban J connectivity index is 3.00. The molecule has 0 spiro atoms. The van der Waals surface area contributed by atoms with Gasteiger partial charge in [0.2, 0.25) is 10.0 Å². The molecule has 0 amide bonds. The summed E-state index contributed by atoms with van der Waals surface area (Å²) in [6.07, 6.45) is 1.85. The zero-order valence-electron chi connectivity index (χ0n) is 10.3. The Morgan fingerprint density at radius 3 is 2.56 bits per heavy atom. The molecule has 0 fully saturated rings. The fourth-order valence-electron chi connectivity index (χ4n) is 1.56. The van der Waals surface area contributed by atoms with Crippen LogP contribution in [0.4, 0.5) is 0 Å². The van der Waals surface area contributed by atoms with Crippen molar-refractivity contribution in [3.8, 4) is 0 Å². The lowest BCUT2D eigenvalue weighted by Gasteiger charge is -2.21. The van der Waals surface area contributed by atoms with Crippen molar-refractivity contribution in [2.45, 2.75) is 24.7 Å². The number of rotatable bonds is 7. The van der Waals surface area contributed by atoms with Crippen LogP contribution in [0.1, 0.15) is 19.8 Å². The molecule has 0 aliphatic heterocycles. The summed E-state index contributed by atoms with van der Waals surface area (Å²) in [5.41, 5.74) is 0. The minimum atomic E-state index is -3.38. The summed E-state index contributed by atoms with van der Waals surface area (Å²) in [4.78, 5) is 0.342. The number of benzene rings is 1. The first-order valence-corrected chi connectivity index (χ1v) is 9.19. The molecule has 1 rings (SSSR count). The molecule has 0 heterocycles. The zero-order chi connectivity index (χ0) is 13.6. The molecule has 1 aromatic carbocycles. The van der Waals surface area contributed by atoms with E-state index in [0.717, 1.165) is 17.3 Å². The highest BCUT2D eigenvalue weighted by Crippen LogP contribution is 2.20. The summed E-state index contributed by atoms with van der Waals surface area (Å²) in [5, 5.41) is 0.643. The monoisotopic (exact) mass is 397 g/mol. The van der Waals surface area contributed by atoms with Crippen LogP contribution in [0.25, 0.3) is 0 Å². The number of alkyl halides is 1. The SMILES string of the molecule is CCCCN(CCBr)S(=O)(=O)c1cccc(Br)c1. The highest BCUT2D eigenvalue weighted by Gasteiger charge is 2.23. The zero-order valence-corrected chi connectivity index (χ0v) is 14.3. The van der Waals surface area contributed by atoms with Crippen LogP contribution in [0.15, 0.2) is 33.6 Å². The molecular formula is C12H17Br2NO2S. The van der Waals surface area contributed by atoms with Gasteiger partial charge in [-0.25, -0.2) is 8.42 Å². The van der Waals surface area contributed by atoms with E-state index in [1.807, 2.05) is 6.07 Å². The second-order valence-corrected chi connectivity index (χ2v) is 7.55. The van der Waals surface area contributed by atoms with E-state index in [4.69, 9.17) is 0 Å². The van der Waals surface area contributed by atoms with Crippen molar-refractivity contribution >= 4 is 41.9 Å². The summed E-state index contributed by atoms with van der Waals surface area (Å²) in [6, 6.07) is 6.83. The number of halogens is 2. The highest BCUT2D eigenvalue weighted by atomic mass is 79.9. The highest BCUT2D eigenvalue weighted by molar-refractivity contribution is 9.10. The van der Waals surface area contributed by atoms with Gasteiger partial charge in [-0.05, 0) is 24.6 Å². The van der Waals surface area contributed by atoms with E-state index in [1.165, 1.54) is 4.31 Å². The van der Waals surface area contributed by atoms with Gasteiger partial charge in [0, 0.05) is 22.9 Å². The molecule has 6 heteroatoms. The third kappa shape index (κ3) is 4.33. The summed E-state index contributed by atoms with van der Waals surface area (Å²) in [5.74, 6) is 0. The van der Waals surface area contributed by atoms with E-state index >= 15 is 0 Å². The topological polar surface area (TPSA) is 37.4 Å². The van der Waals surface area contributed by atoms with Crippen molar-refractivity contribution in [2.75, 3.05) is 18.4 Å². The third-order valence-electron chi connectivity index (χ3n) is 2.53. The van der Waals surface area contributed by atoms with Crippen LogP contribution in [0.3, 0.4) is 0 Å². The average Bonchev–Trinajstić information content (AvgIpc) is 2.34. The Bertz CT molecular complexity index is 477. The molecular weight excluding hydrogens is 382 g/mol. The van der Waals surface area contributed by atoms with Crippen molar-refractivity contribution in [1.29, 1.82) is 0 Å². The largest absolute Gasteiger partial charge is 0.243 e. The maximum Gasteiger partial charge on any atom is 0.243 e. The van der Waals surface area contributed by atoms with Gasteiger partial charge in [0.05, 0.1) is 4.90 Å². The molecule has 0 saturated carbocycles. The predicted octanol–water partition coefficient (Wildman–Crippen LogP) is 3.63. The molecule has 3 nitrogen and oxygen atoms in total. The number of hydrogen-bond acceptors (Lipinski definition) is 2. The summed E-state index contributed by atoms with van der Waals surface area (Å²) < 4.78 is 27.2. The quantitative estimate of drug-likeness (QED) is 0.657. The van der Waals surface area contributed by atoms with Gasteiger partial charge in [-0.15, -0.1) is 0 Å². The second kappa shape index (κ2) is 7.62. The summed E-state index contributed by atoms with van der Waals surface area (Å²) >= 11 is 6.61. The molecule has 0 atom stereocenters. The molecule has 0 bridgehead atoms. The molecule has 102 valence electrons. The first-order valence-electron chi connectivity index (χ1n) is 5.84. The van der Waals surface area contributed by atoms with Crippen LogP contribution < -0.4 is 0 Å². The number of nitrogens with zero attached hydrogens (tertiary/aromatic N) is 1. The van der Waals surface area contributed by atoms with Crippen LogP contribution in [0.2, 0.25) is 0 Å². The lowest BCUT2D eigenvalue weighted by atomic mass is 10.3. The number of unbranched alkanes of at least 4 members (excludes halogenated alkanes) is 1. The van der Waals surface area contributed by atoms with Gasteiger partial charge in [-0.2, -0.15) is 4.31 Å². The molecule has 1 aromatic rings. The second-order valence-electron chi connectivity index (χ2n) is 3.90. The Hall–Kier alpha value is 0.0900. The van der Waals surface area contributed by atoms with Gasteiger partial charge in [0.15, 0.2) is 0 Å². The Kier molecular flexibility index (Phi) is 6.84. The minimum absolute atomic E-state index is 0.342. The third-order valence-corrected chi connectivity index (χ3v) is 5.27. The van der Waals surface area contributed by atoms with E-state index in [9.17, 15) is 8.42 Å². The van der Waals surface area contributed by atoms with E-state index in [-0.39, 0.29) is 0 Å². The van der Waals surface area contributed by atoms with Crippen molar-refractivity contribution < 1.29 is 8.42 Å². The van der Waals surface area contributed by atoms with Crippen molar-refractivity contribution in [3.63, 3.8) is 0 Å². The standard InChI is InChI=1S/C12H17Br2NO2S/c1-2-3-8-15(9-7-13)18(16,17)12-6-4-5-11(14)10-12/h4-6,10H,2-3,7-9H2,1H3. The Labute approximate surface area is 126 Å². The summed E-state index contributed by atoms with van der Waals surface area (Å²) in [6.45, 7) is 3.11. The fourth-order valence-corrected chi connectivity index (χ4v) is 4.30. The van der Waals surface area contributed by atoms with Crippen molar-refractivity contribution in [1.82, 2.24) is 4.31 Å². The molecule has 0 aliphatic carbocycles. The maximum absolute atomic E-state index is 12.5. The van der Waals surface area contributed by atoms with Gasteiger partial charge < -0.3 is 0 Å². The molecule has 0 N–H and O–H groups in total. The molecule has 0 aromatic heterocycles. The summed E-state index contributed by atoms with van der Waals surface area (Å²) in [7, 11) is -3.38. The first kappa shape index (κ1) is 16.1. The van der Waals surface area contributed by atoms with Crippen molar-refractivity contribution in [2.24, 2.45) is 0 Å². The number of hydrogen-bond donors (Lipinski definition) is 0. The molecule has 0 radical (unpaired) electrons. The normalized spacial score (nSPS) is 12.0. The lowest BCUT2D eigenvalue weighted by molar-refractivity contribution is 0.422. The number of sulfonamides is 1. The average molecular weight is 399 g/mol. The van der Waals surface area contributed by atoms with Crippen LogP contribution in [0.5, 0.6) is 0 Å². The van der Waals surface area contributed by atoms with E-state index < -0.39 is 10.0 Å². The van der Waals surface area contributed by atoms with Crippen molar-refractivity contribution in [3.05, 3.63) is 28.7 Å². The fraction of sp³-hybridized carbons (Fsp3) is 0.500. The van der Waals surface area contributed by atoms with Crippen LogP contribution in [-0.4, -0.2) is 31.1 Å². The molecule has 0 aliphatic rings. The first-order chi connectivity index (χ1) is 8.52. The van der Waals surface area contributed by atoms with Gasteiger partial charge in [-0.1, -0.05) is 51.3 Å². The van der Waals surface area contributed by atoms with Gasteiger partial charge in [0.1, 0.15) is 0 Å². The maximum atomic E-state index is 12.5. The minimum Gasteiger partial charge on any atom is -0.207 e. The Morgan fingerprint density at radius 1 is 1.28 bits per heavy atom. The molecule has 0 saturated heterocycles. The van der Waals surface area contributed by atoms with Gasteiger partial charge in [-0.3, -0.25) is 0 Å². The van der Waals surface area contributed by atoms with Crippen LogP contribution >= 0.6 is 31.9 Å². The lowest BCUT2D eigenvalue weighted by Crippen LogP contribution is -2.33. The predicted molar refractivity (Wildman–Crippen MR) is 81.6 cm³/mol. The molecule has 18 heavy (non-hydrogen) atoms. The molecule has 0 unspecified atom stereocenters. The van der Waals surface area contributed by atoms with Crippen LogP contribution in [0, 0.1) is 0 Å². The van der Waals surface area contributed by atoms with Gasteiger partial charge in [0.25, 0.3) is 0 Å².